The summed E-state index contributed by atoms with van der Waals surface area (Å²) in [4.78, 5) is 20.7. The van der Waals surface area contributed by atoms with E-state index in [2.05, 4.69) is 10.3 Å². The smallest absolute Gasteiger partial charge is 0.258 e. The molecule has 0 aromatic heterocycles. The molecule has 9 heteroatoms. The average Bonchev–Trinajstić information content (AvgIpc) is 2.52. The van der Waals surface area contributed by atoms with Gasteiger partial charge in [-0.15, -0.1) is 5.11 Å². The van der Waals surface area contributed by atoms with Crippen LogP contribution in [-0.4, -0.2) is 16.9 Å². The third-order valence-corrected chi connectivity index (χ3v) is 2.79. The first-order valence-corrected chi connectivity index (χ1v) is 6.13. The molecule has 0 unspecified atom stereocenters. The van der Waals surface area contributed by atoms with E-state index in [1.54, 1.807) is 12.1 Å². The van der Waals surface area contributed by atoms with Crippen LogP contribution >= 0.6 is 0 Å². The number of nitrogens with zero attached hydrogens (tertiary/aromatic N) is 5. The van der Waals surface area contributed by atoms with Crippen LogP contribution < -0.4 is 5.01 Å². The maximum absolute atomic E-state index is 11.0. The Labute approximate surface area is 124 Å². The summed E-state index contributed by atoms with van der Waals surface area (Å²) in [5.74, 6) is 0. The van der Waals surface area contributed by atoms with Crippen molar-refractivity contribution >= 4 is 22.7 Å². The number of hydrogen-bond acceptors (Lipinski definition) is 6. The van der Waals surface area contributed by atoms with Gasteiger partial charge >= 0.3 is 0 Å². The Morgan fingerprint density at radius 3 is 2.09 bits per heavy atom. The summed E-state index contributed by atoms with van der Waals surface area (Å²) >= 11 is 0. The van der Waals surface area contributed by atoms with Crippen LogP contribution in [0.3, 0.4) is 0 Å². The van der Waals surface area contributed by atoms with Gasteiger partial charge in [0.25, 0.3) is 11.4 Å². The Kier molecular flexibility index (Phi) is 4.37. The first kappa shape index (κ1) is 15.0. The summed E-state index contributed by atoms with van der Waals surface area (Å²) in [6.07, 6.45) is 0. The van der Waals surface area contributed by atoms with Crippen molar-refractivity contribution in [2.24, 2.45) is 10.3 Å². The molecule has 0 bridgehead atoms. The SMILES string of the molecule is CN(N=Nc1ccccc1[N+](=O)[O-])c1ccccc1[N+](=O)[O-]. The van der Waals surface area contributed by atoms with Gasteiger partial charge in [0.15, 0.2) is 5.69 Å². The van der Waals surface area contributed by atoms with E-state index in [1.165, 1.54) is 48.5 Å². The maximum atomic E-state index is 11.0. The van der Waals surface area contributed by atoms with Crippen molar-refractivity contribution in [3.63, 3.8) is 0 Å². The molecule has 0 atom stereocenters. The lowest BCUT2D eigenvalue weighted by Crippen LogP contribution is -2.09. The molecule has 0 aliphatic rings. The van der Waals surface area contributed by atoms with Crippen LogP contribution in [0.25, 0.3) is 0 Å². The standard InChI is InChI=1S/C13H11N5O4/c1-16(12-8-4-5-9-13(12)18(21)22)15-14-10-6-2-3-7-11(10)17(19)20/h2-9H,1H3. The molecule has 0 saturated carbocycles. The predicted molar refractivity (Wildman–Crippen MR) is 79.1 cm³/mol. The van der Waals surface area contributed by atoms with Crippen LogP contribution in [0.2, 0.25) is 0 Å². The zero-order valence-electron chi connectivity index (χ0n) is 11.5. The third kappa shape index (κ3) is 3.20. The Morgan fingerprint density at radius 1 is 0.909 bits per heavy atom. The summed E-state index contributed by atoms with van der Waals surface area (Å²) in [5.41, 5.74) is -0.0264. The van der Waals surface area contributed by atoms with E-state index < -0.39 is 9.85 Å². The first-order valence-electron chi connectivity index (χ1n) is 6.13. The van der Waals surface area contributed by atoms with E-state index in [4.69, 9.17) is 0 Å². The molecule has 0 saturated heterocycles. The lowest BCUT2D eigenvalue weighted by molar-refractivity contribution is -0.384. The van der Waals surface area contributed by atoms with Gasteiger partial charge in [0.2, 0.25) is 0 Å². The van der Waals surface area contributed by atoms with E-state index in [0.717, 1.165) is 0 Å². The van der Waals surface area contributed by atoms with Crippen molar-refractivity contribution in [1.82, 2.24) is 0 Å². The van der Waals surface area contributed by atoms with Crippen LogP contribution in [0.4, 0.5) is 22.7 Å². The normalized spacial score (nSPS) is 10.6. The van der Waals surface area contributed by atoms with Gasteiger partial charge in [-0.1, -0.05) is 29.5 Å². The minimum atomic E-state index is -0.570. The molecule has 112 valence electrons. The summed E-state index contributed by atoms with van der Waals surface area (Å²) < 4.78 is 0. The summed E-state index contributed by atoms with van der Waals surface area (Å²) in [5, 5.41) is 30.6. The Morgan fingerprint density at radius 2 is 1.45 bits per heavy atom. The van der Waals surface area contributed by atoms with Crippen LogP contribution in [0.5, 0.6) is 0 Å². The topological polar surface area (TPSA) is 114 Å². The number of nitro groups is 2. The second-order valence-electron chi connectivity index (χ2n) is 4.20. The largest absolute Gasteiger partial charge is 0.296 e. The second kappa shape index (κ2) is 6.39. The van der Waals surface area contributed by atoms with E-state index >= 15 is 0 Å². The fraction of sp³-hybridized carbons (Fsp3) is 0.0769. The van der Waals surface area contributed by atoms with Gasteiger partial charge in [-0.2, -0.15) is 0 Å². The number of anilines is 1. The molecule has 0 spiro atoms. The minimum Gasteiger partial charge on any atom is -0.258 e. The third-order valence-electron chi connectivity index (χ3n) is 2.79. The Bertz CT molecular complexity index is 747. The number of nitro benzene ring substituents is 2. The lowest BCUT2D eigenvalue weighted by Gasteiger charge is -2.11. The molecule has 2 aromatic carbocycles. The fourth-order valence-electron chi connectivity index (χ4n) is 1.76. The van der Waals surface area contributed by atoms with Gasteiger partial charge in [-0.3, -0.25) is 20.2 Å². The predicted octanol–water partition coefficient (Wildman–Crippen LogP) is 3.64. The van der Waals surface area contributed by atoms with Gasteiger partial charge in [0.1, 0.15) is 5.69 Å². The highest BCUT2D eigenvalue weighted by Crippen LogP contribution is 2.29. The van der Waals surface area contributed by atoms with E-state index in [-0.39, 0.29) is 22.7 Å². The van der Waals surface area contributed by atoms with Crippen molar-refractivity contribution in [2.45, 2.75) is 0 Å². The minimum absolute atomic E-state index is 0.0675. The monoisotopic (exact) mass is 301 g/mol. The van der Waals surface area contributed by atoms with Gasteiger partial charge in [0, 0.05) is 19.2 Å². The molecule has 22 heavy (non-hydrogen) atoms. The molecule has 0 radical (unpaired) electrons. The zero-order valence-corrected chi connectivity index (χ0v) is 11.5. The summed E-state index contributed by atoms with van der Waals surface area (Å²) in [7, 11) is 1.47. The van der Waals surface area contributed by atoms with E-state index in [0.29, 0.717) is 0 Å². The number of hydrogen-bond donors (Lipinski definition) is 0. The van der Waals surface area contributed by atoms with Crippen LogP contribution in [0, 0.1) is 20.2 Å². The first-order chi connectivity index (χ1) is 10.5. The van der Waals surface area contributed by atoms with E-state index in [1.807, 2.05) is 0 Å². The van der Waals surface area contributed by atoms with Crippen LogP contribution in [0.15, 0.2) is 58.9 Å². The number of rotatable bonds is 5. The van der Waals surface area contributed by atoms with E-state index in [9.17, 15) is 20.2 Å². The lowest BCUT2D eigenvalue weighted by atomic mass is 10.2. The number of benzene rings is 2. The van der Waals surface area contributed by atoms with Crippen molar-refractivity contribution in [3.8, 4) is 0 Å². The van der Waals surface area contributed by atoms with Crippen LogP contribution in [0.1, 0.15) is 0 Å². The van der Waals surface area contributed by atoms with Crippen molar-refractivity contribution in [2.75, 3.05) is 12.1 Å². The highest BCUT2D eigenvalue weighted by atomic mass is 16.6. The van der Waals surface area contributed by atoms with Crippen molar-refractivity contribution in [3.05, 3.63) is 68.8 Å². The Balaban J connectivity index is 2.32. The van der Waals surface area contributed by atoms with Crippen molar-refractivity contribution < 1.29 is 9.85 Å². The molecular formula is C13H11N5O4. The van der Waals surface area contributed by atoms with Gasteiger partial charge in [0.05, 0.1) is 9.85 Å². The molecule has 0 amide bonds. The van der Waals surface area contributed by atoms with Crippen LogP contribution in [-0.2, 0) is 0 Å². The summed E-state index contributed by atoms with van der Waals surface area (Å²) in [6.45, 7) is 0. The molecule has 0 fully saturated rings. The highest BCUT2D eigenvalue weighted by Gasteiger charge is 2.16. The molecule has 2 aromatic rings. The molecule has 0 aliphatic carbocycles. The zero-order chi connectivity index (χ0) is 16.1. The van der Waals surface area contributed by atoms with Gasteiger partial charge in [-0.25, -0.2) is 5.01 Å². The second-order valence-corrected chi connectivity index (χ2v) is 4.20. The molecule has 0 N–H and O–H groups in total. The fourth-order valence-corrected chi connectivity index (χ4v) is 1.76. The van der Waals surface area contributed by atoms with Crippen molar-refractivity contribution in [1.29, 1.82) is 0 Å². The Hall–Kier alpha value is -3.36. The highest BCUT2D eigenvalue weighted by molar-refractivity contribution is 5.62. The molecule has 0 heterocycles. The van der Waals surface area contributed by atoms with Gasteiger partial charge < -0.3 is 0 Å². The molecular weight excluding hydrogens is 290 g/mol. The van der Waals surface area contributed by atoms with Gasteiger partial charge in [-0.05, 0) is 12.1 Å². The molecule has 9 nitrogen and oxygen atoms in total. The number of para-hydroxylation sites is 3. The molecule has 0 aliphatic heterocycles. The quantitative estimate of drug-likeness (QED) is 0.475. The maximum Gasteiger partial charge on any atom is 0.296 e. The average molecular weight is 301 g/mol. The summed E-state index contributed by atoms with van der Waals surface area (Å²) in [6, 6.07) is 11.9. The molecule has 2 rings (SSSR count).